The van der Waals surface area contributed by atoms with E-state index in [1.54, 1.807) is 0 Å². The number of nitrogens with one attached hydrogen (secondary N) is 1. The predicted octanol–water partition coefficient (Wildman–Crippen LogP) is 2.51. The molecule has 6 nitrogen and oxygen atoms in total. The Morgan fingerprint density at radius 2 is 2.17 bits per heavy atom. The van der Waals surface area contributed by atoms with Gasteiger partial charge in [-0.25, -0.2) is 0 Å². The Balaban J connectivity index is 1.91. The van der Waals surface area contributed by atoms with Gasteiger partial charge in [0.15, 0.2) is 5.82 Å². The topological polar surface area (TPSA) is 85.8 Å². The fourth-order valence-electron chi connectivity index (χ4n) is 2.96. The molecule has 1 amide bonds. The first-order chi connectivity index (χ1) is 11.6. The number of nitrogens with zero attached hydrogens (tertiary/aromatic N) is 3. The number of anilines is 1. The van der Waals surface area contributed by atoms with Crippen molar-refractivity contribution in [3.8, 4) is 11.4 Å². The number of nitrogens with two attached hydrogens (primary N) is 1. The number of aromatic nitrogens is 3. The number of rotatable bonds is 4. The molecule has 0 spiro atoms. The molecule has 6 heteroatoms. The van der Waals surface area contributed by atoms with Crippen LogP contribution in [0.1, 0.15) is 37.6 Å². The molecule has 0 fully saturated rings. The van der Waals surface area contributed by atoms with Crippen LogP contribution in [0.3, 0.4) is 0 Å². The second kappa shape index (κ2) is 7.13. The molecule has 1 aromatic heterocycles. The van der Waals surface area contributed by atoms with Gasteiger partial charge in [0.25, 0.3) is 0 Å². The van der Waals surface area contributed by atoms with Crippen molar-refractivity contribution in [3.63, 3.8) is 0 Å². The lowest BCUT2D eigenvalue weighted by atomic mass is 10.1. The van der Waals surface area contributed by atoms with E-state index in [2.05, 4.69) is 20.1 Å². The molecule has 3 rings (SSSR count). The third-order valence-corrected chi connectivity index (χ3v) is 4.66. The van der Waals surface area contributed by atoms with Crippen LogP contribution in [0.15, 0.2) is 18.2 Å². The zero-order valence-electron chi connectivity index (χ0n) is 14.4. The van der Waals surface area contributed by atoms with Gasteiger partial charge in [-0.1, -0.05) is 25.5 Å². The number of carbonyl (C=O) groups is 1. The minimum atomic E-state index is -0.211. The van der Waals surface area contributed by atoms with E-state index >= 15 is 0 Å². The summed E-state index contributed by atoms with van der Waals surface area (Å²) in [5, 5.41) is 11.7. The van der Waals surface area contributed by atoms with E-state index in [9.17, 15) is 4.79 Å². The molecule has 0 aliphatic carbocycles. The molecule has 128 valence electrons. The first kappa shape index (κ1) is 16.6. The zero-order valence-corrected chi connectivity index (χ0v) is 14.4. The summed E-state index contributed by atoms with van der Waals surface area (Å²) in [4.78, 5) is 12.1. The monoisotopic (exact) mass is 327 g/mol. The Bertz CT molecular complexity index is 737. The Morgan fingerprint density at radius 1 is 1.33 bits per heavy atom. The predicted molar refractivity (Wildman–Crippen MR) is 94.6 cm³/mol. The second-order valence-electron chi connectivity index (χ2n) is 6.56. The van der Waals surface area contributed by atoms with E-state index in [4.69, 9.17) is 5.73 Å². The molecule has 2 heterocycles. The quantitative estimate of drug-likeness (QED) is 0.903. The average Bonchev–Trinajstić information content (AvgIpc) is 2.84. The smallest absolute Gasteiger partial charge is 0.228 e. The van der Waals surface area contributed by atoms with Crippen LogP contribution >= 0.6 is 0 Å². The van der Waals surface area contributed by atoms with Crippen LogP contribution in [0.4, 0.5) is 5.69 Å². The number of carbonyl (C=O) groups excluding carboxylic acids is 1. The van der Waals surface area contributed by atoms with Crippen LogP contribution in [-0.4, -0.2) is 27.2 Å². The van der Waals surface area contributed by atoms with Gasteiger partial charge >= 0.3 is 0 Å². The number of amides is 1. The van der Waals surface area contributed by atoms with E-state index in [1.807, 2.05) is 32.0 Å². The lowest BCUT2D eigenvalue weighted by Crippen LogP contribution is -2.27. The van der Waals surface area contributed by atoms with E-state index < -0.39 is 0 Å². The summed E-state index contributed by atoms with van der Waals surface area (Å²) in [5.74, 6) is 1.68. The number of benzene rings is 1. The van der Waals surface area contributed by atoms with Crippen LogP contribution in [0.2, 0.25) is 0 Å². The van der Waals surface area contributed by atoms with Crippen molar-refractivity contribution in [3.05, 3.63) is 29.6 Å². The molecule has 3 N–H and O–H groups in total. The van der Waals surface area contributed by atoms with Gasteiger partial charge in [-0.3, -0.25) is 4.79 Å². The Kier molecular flexibility index (Phi) is 4.94. The average molecular weight is 327 g/mol. The molecular weight excluding hydrogens is 302 g/mol. The molecule has 1 aromatic carbocycles. The zero-order chi connectivity index (χ0) is 17.1. The summed E-state index contributed by atoms with van der Waals surface area (Å²) in [6.45, 7) is 5.10. The Morgan fingerprint density at radius 3 is 2.96 bits per heavy atom. The fourth-order valence-corrected chi connectivity index (χ4v) is 2.96. The Labute approximate surface area is 142 Å². The molecule has 0 saturated heterocycles. The van der Waals surface area contributed by atoms with Gasteiger partial charge in [0.05, 0.1) is 0 Å². The van der Waals surface area contributed by atoms with E-state index in [0.717, 1.165) is 47.8 Å². The van der Waals surface area contributed by atoms with Crippen molar-refractivity contribution >= 4 is 11.6 Å². The van der Waals surface area contributed by atoms with Gasteiger partial charge in [-0.15, -0.1) is 10.2 Å². The minimum absolute atomic E-state index is 0.0576. The second-order valence-corrected chi connectivity index (χ2v) is 6.56. The summed E-state index contributed by atoms with van der Waals surface area (Å²) in [6, 6.07) is 6.04. The van der Waals surface area contributed by atoms with Crippen LogP contribution in [0.25, 0.3) is 11.4 Å². The highest BCUT2D eigenvalue weighted by molar-refractivity contribution is 5.93. The maximum atomic E-state index is 12.1. The number of fused-ring (bicyclic) bond motifs is 1. The molecule has 1 aliphatic rings. The highest BCUT2D eigenvalue weighted by Crippen LogP contribution is 2.27. The highest BCUT2D eigenvalue weighted by atomic mass is 16.1. The maximum Gasteiger partial charge on any atom is 0.228 e. The van der Waals surface area contributed by atoms with Crippen LogP contribution in [0.5, 0.6) is 0 Å². The highest BCUT2D eigenvalue weighted by Gasteiger charge is 2.18. The first-order valence-corrected chi connectivity index (χ1v) is 8.64. The fraction of sp³-hybridized carbons (Fsp3) is 0.500. The lowest BCUT2D eigenvalue weighted by Gasteiger charge is -2.14. The van der Waals surface area contributed by atoms with Crippen molar-refractivity contribution in [1.29, 1.82) is 0 Å². The summed E-state index contributed by atoms with van der Waals surface area (Å²) in [7, 11) is 0. The summed E-state index contributed by atoms with van der Waals surface area (Å²) in [5.41, 5.74) is 8.39. The summed E-state index contributed by atoms with van der Waals surface area (Å²) in [6.07, 6.45) is 4.54. The minimum Gasteiger partial charge on any atom is -0.330 e. The number of hydrogen-bond donors (Lipinski definition) is 2. The van der Waals surface area contributed by atoms with Crippen molar-refractivity contribution in [2.75, 3.05) is 11.9 Å². The van der Waals surface area contributed by atoms with Gasteiger partial charge in [-0.05, 0) is 31.4 Å². The standard InChI is InChI=1S/C18H25N5O/c1-12-7-8-14(10-15(12)20-18(24)13(2)11-19)17-22-21-16-6-4-3-5-9-23(16)17/h7-8,10,13H,3-6,9,11,19H2,1-2H3,(H,20,24). The van der Waals surface area contributed by atoms with Crippen LogP contribution in [-0.2, 0) is 17.8 Å². The molecule has 0 saturated carbocycles. The van der Waals surface area contributed by atoms with Crippen LogP contribution < -0.4 is 11.1 Å². The molecule has 1 unspecified atom stereocenters. The van der Waals surface area contributed by atoms with Crippen molar-refractivity contribution in [2.45, 2.75) is 46.1 Å². The van der Waals surface area contributed by atoms with Crippen LogP contribution in [0, 0.1) is 12.8 Å². The van der Waals surface area contributed by atoms with Gasteiger partial charge < -0.3 is 15.6 Å². The molecular formula is C18H25N5O. The SMILES string of the molecule is Cc1ccc(-c2nnc3n2CCCCC3)cc1NC(=O)C(C)CN. The third-order valence-electron chi connectivity index (χ3n) is 4.66. The Hall–Kier alpha value is -2.21. The summed E-state index contributed by atoms with van der Waals surface area (Å²) >= 11 is 0. The van der Waals surface area contributed by atoms with E-state index in [-0.39, 0.29) is 11.8 Å². The molecule has 0 bridgehead atoms. The molecule has 0 radical (unpaired) electrons. The number of hydrogen-bond acceptors (Lipinski definition) is 4. The largest absolute Gasteiger partial charge is 0.330 e. The van der Waals surface area contributed by atoms with Crippen molar-refractivity contribution < 1.29 is 4.79 Å². The van der Waals surface area contributed by atoms with E-state index in [1.165, 1.54) is 12.8 Å². The molecule has 24 heavy (non-hydrogen) atoms. The van der Waals surface area contributed by atoms with Gasteiger partial charge in [-0.2, -0.15) is 0 Å². The van der Waals surface area contributed by atoms with Crippen molar-refractivity contribution in [1.82, 2.24) is 14.8 Å². The van der Waals surface area contributed by atoms with E-state index in [0.29, 0.717) is 6.54 Å². The molecule has 2 aromatic rings. The third kappa shape index (κ3) is 3.33. The van der Waals surface area contributed by atoms with Gasteiger partial charge in [0, 0.05) is 36.7 Å². The molecule has 1 aliphatic heterocycles. The normalized spacial score (nSPS) is 15.5. The maximum absolute atomic E-state index is 12.1. The molecule has 1 atom stereocenters. The lowest BCUT2D eigenvalue weighted by molar-refractivity contribution is -0.119. The number of aryl methyl sites for hydroxylation is 2. The summed E-state index contributed by atoms with van der Waals surface area (Å²) < 4.78 is 2.21. The first-order valence-electron chi connectivity index (χ1n) is 8.64. The van der Waals surface area contributed by atoms with Crippen molar-refractivity contribution in [2.24, 2.45) is 11.7 Å². The van der Waals surface area contributed by atoms with Gasteiger partial charge in [0.2, 0.25) is 5.91 Å². The van der Waals surface area contributed by atoms with Gasteiger partial charge in [0.1, 0.15) is 5.82 Å².